The first kappa shape index (κ1) is 15.4. The maximum atomic E-state index is 13.2. The average Bonchev–Trinajstić information content (AvgIpc) is 2.98. The van der Waals surface area contributed by atoms with Crippen molar-refractivity contribution in [3.63, 3.8) is 0 Å². The molecule has 0 aliphatic carbocycles. The normalized spacial score (nSPS) is 32.7. The molecule has 3 unspecified atom stereocenters. The predicted molar refractivity (Wildman–Crippen MR) is 82.5 cm³/mol. The topological polar surface area (TPSA) is 78.4 Å². The fourth-order valence-electron chi connectivity index (χ4n) is 3.65. The monoisotopic (exact) mass is 325 g/mol. The number of aliphatic hydroxyl groups is 1. The van der Waals surface area contributed by atoms with Crippen molar-refractivity contribution in [2.45, 2.75) is 30.8 Å². The molecule has 2 aliphatic rings. The molecule has 3 atom stereocenters. The van der Waals surface area contributed by atoms with E-state index in [2.05, 4.69) is 10.6 Å². The third-order valence-corrected chi connectivity index (χ3v) is 9.30. The lowest BCUT2D eigenvalue weighted by Crippen LogP contribution is -2.44. The number of benzene rings is 1. The van der Waals surface area contributed by atoms with Gasteiger partial charge < -0.3 is 15.7 Å². The Morgan fingerprint density at radius 2 is 2.36 bits per heavy atom. The van der Waals surface area contributed by atoms with E-state index in [0.717, 1.165) is 6.42 Å². The van der Waals surface area contributed by atoms with Crippen LogP contribution >= 0.6 is 7.26 Å². The van der Waals surface area contributed by atoms with Gasteiger partial charge in [-0.25, -0.2) is 9.18 Å². The third kappa shape index (κ3) is 2.50. The van der Waals surface area contributed by atoms with Crippen LogP contribution < -0.4 is 10.6 Å². The summed E-state index contributed by atoms with van der Waals surface area (Å²) in [6.07, 6.45) is 3.07. The van der Waals surface area contributed by atoms with Crippen LogP contribution in [0.1, 0.15) is 18.4 Å². The number of hydrogen-bond acceptors (Lipinski definition) is 3. The Hall–Kier alpha value is -1.52. The number of rotatable bonds is 5. The minimum absolute atomic E-state index is 0.115. The molecule has 3 N–H and O–H groups in total. The van der Waals surface area contributed by atoms with Gasteiger partial charge in [-0.15, -0.1) is 0 Å². The van der Waals surface area contributed by atoms with Gasteiger partial charge in [-0.1, -0.05) is 12.1 Å². The number of halogens is 1. The number of carbonyl (C=O) groups excluding carboxylic acids is 2. The number of amides is 2. The standard InChI is InChI=1S/C15H18FN2O3P/c16-12-3-1-2-11(6-12)8-17-14(21)22-5-4-15(9-22,18-10-19)7-13(22)20/h1-3,6,10,13,20H,4-5,7-9H2,(H-,17,18,19,21)/p+1. The molecule has 5 nitrogen and oxygen atoms in total. The van der Waals surface area contributed by atoms with Gasteiger partial charge >= 0.3 is 5.65 Å². The Labute approximate surface area is 128 Å². The molecule has 2 bridgehead atoms. The van der Waals surface area contributed by atoms with Crippen LogP contribution in [0.4, 0.5) is 9.18 Å². The molecule has 0 saturated carbocycles. The van der Waals surface area contributed by atoms with E-state index in [9.17, 15) is 19.1 Å². The molecule has 0 aromatic heterocycles. The van der Waals surface area contributed by atoms with Crippen LogP contribution in [0, 0.1) is 5.82 Å². The molecule has 7 heteroatoms. The summed E-state index contributed by atoms with van der Waals surface area (Å²) in [5.74, 6) is -0.989. The van der Waals surface area contributed by atoms with Crippen molar-refractivity contribution in [2.75, 3.05) is 12.3 Å². The van der Waals surface area contributed by atoms with E-state index in [1.165, 1.54) is 12.1 Å². The Balaban J connectivity index is 1.69. The predicted octanol–water partition coefficient (Wildman–Crippen LogP) is 1.66. The Morgan fingerprint density at radius 1 is 1.55 bits per heavy atom. The Bertz CT molecular complexity index is 614. The highest BCUT2D eigenvalue weighted by atomic mass is 31.2. The lowest BCUT2D eigenvalue weighted by atomic mass is 9.95. The molecule has 2 amide bonds. The zero-order chi connectivity index (χ0) is 15.8. The summed E-state index contributed by atoms with van der Waals surface area (Å²) < 4.78 is 13.2. The van der Waals surface area contributed by atoms with E-state index < -0.39 is 18.6 Å². The lowest BCUT2D eigenvalue weighted by Gasteiger charge is -2.25. The zero-order valence-electron chi connectivity index (χ0n) is 12.1. The van der Waals surface area contributed by atoms with E-state index >= 15 is 0 Å². The van der Waals surface area contributed by atoms with Crippen molar-refractivity contribution in [1.82, 2.24) is 10.6 Å². The maximum Gasteiger partial charge on any atom is 0.362 e. The number of fused-ring (bicyclic) bond motifs is 2. The van der Waals surface area contributed by atoms with Crippen molar-refractivity contribution >= 4 is 19.3 Å². The summed E-state index contributed by atoms with van der Waals surface area (Å²) in [6.45, 7) is 0.249. The van der Waals surface area contributed by atoms with Gasteiger partial charge in [0.2, 0.25) is 6.41 Å². The van der Waals surface area contributed by atoms with Crippen LogP contribution in [0.15, 0.2) is 24.3 Å². The van der Waals surface area contributed by atoms with Gasteiger partial charge in [0, 0.05) is 19.4 Å². The molecule has 2 aliphatic heterocycles. The molecule has 22 heavy (non-hydrogen) atoms. The van der Waals surface area contributed by atoms with E-state index in [-0.39, 0.29) is 18.0 Å². The van der Waals surface area contributed by atoms with Crippen molar-refractivity contribution in [3.05, 3.63) is 35.6 Å². The SMILES string of the molecule is O=CNC12CC[P+](C(=O)NCc3cccc(F)c3)(C1)C(O)C2. The maximum absolute atomic E-state index is 13.2. The molecular formula is C15H19FN2O3P+. The molecule has 118 valence electrons. The first-order valence-corrected chi connectivity index (χ1v) is 9.52. The van der Waals surface area contributed by atoms with Gasteiger partial charge in [-0.05, 0) is 17.7 Å². The van der Waals surface area contributed by atoms with Crippen molar-refractivity contribution in [2.24, 2.45) is 0 Å². The van der Waals surface area contributed by atoms with Gasteiger partial charge in [0.25, 0.3) is 0 Å². The molecule has 0 radical (unpaired) electrons. The third-order valence-electron chi connectivity index (χ3n) is 4.82. The summed E-state index contributed by atoms with van der Waals surface area (Å²) >= 11 is 0. The second-order valence-corrected chi connectivity index (χ2v) is 10.0. The second-order valence-electron chi connectivity index (χ2n) is 6.18. The van der Waals surface area contributed by atoms with Gasteiger partial charge in [-0.3, -0.25) is 4.79 Å². The highest BCUT2D eigenvalue weighted by Crippen LogP contribution is 2.76. The molecule has 0 spiro atoms. The van der Waals surface area contributed by atoms with Gasteiger partial charge in [-0.2, -0.15) is 0 Å². The van der Waals surface area contributed by atoms with Crippen LogP contribution in [0.3, 0.4) is 0 Å². The first-order chi connectivity index (χ1) is 10.5. The van der Waals surface area contributed by atoms with E-state index in [1.54, 1.807) is 12.1 Å². The van der Waals surface area contributed by atoms with E-state index in [4.69, 9.17) is 0 Å². The van der Waals surface area contributed by atoms with Gasteiger partial charge in [0.05, 0.1) is 17.9 Å². The lowest BCUT2D eigenvalue weighted by molar-refractivity contribution is -0.111. The summed E-state index contributed by atoms with van der Waals surface area (Å²) in [7, 11) is -2.19. The summed E-state index contributed by atoms with van der Waals surface area (Å²) in [6, 6.07) is 6.09. The highest BCUT2D eigenvalue weighted by Gasteiger charge is 2.70. The van der Waals surface area contributed by atoms with Crippen LogP contribution in [0.5, 0.6) is 0 Å². The number of nitrogens with one attached hydrogen (secondary N) is 2. The molecular weight excluding hydrogens is 306 g/mol. The van der Waals surface area contributed by atoms with Crippen molar-refractivity contribution < 1.29 is 19.1 Å². The minimum atomic E-state index is -2.19. The molecule has 2 saturated heterocycles. The Morgan fingerprint density at radius 3 is 3.05 bits per heavy atom. The number of hydrogen-bond donors (Lipinski definition) is 3. The summed E-state index contributed by atoms with van der Waals surface area (Å²) in [4.78, 5) is 23.4. The van der Waals surface area contributed by atoms with Crippen molar-refractivity contribution in [3.8, 4) is 0 Å². The molecule has 2 fully saturated rings. The van der Waals surface area contributed by atoms with Gasteiger partial charge in [0.1, 0.15) is 13.1 Å². The first-order valence-electron chi connectivity index (χ1n) is 7.29. The zero-order valence-corrected chi connectivity index (χ0v) is 13.0. The Kier molecular flexibility index (Phi) is 3.91. The summed E-state index contributed by atoms with van der Waals surface area (Å²) in [5.41, 5.74) is 0.165. The average molecular weight is 325 g/mol. The smallest absolute Gasteiger partial charge is 0.359 e. The molecule has 3 rings (SSSR count). The quantitative estimate of drug-likeness (QED) is 0.569. The largest absolute Gasteiger partial charge is 0.362 e. The fourth-order valence-corrected chi connectivity index (χ4v) is 8.31. The molecule has 2 heterocycles. The highest BCUT2D eigenvalue weighted by molar-refractivity contribution is 7.91. The molecule has 1 aromatic carbocycles. The second kappa shape index (κ2) is 5.60. The minimum Gasteiger partial charge on any atom is -0.359 e. The van der Waals surface area contributed by atoms with Crippen LogP contribution in [0.25, 0.3) is 0 Å². The van der Waals surface area contributed by atoms with E-state index in [1.807, 2.05) is 0 Å². The van der Waals surface area contributed by atoms with Crippen LogP contribution in [0.2, 0.25) is 0 Å². The number of aliphatic hydroxyl groups excluding tert-OH is 1. The fraction of sp³-hybridized carbons (Fsp3) is 0.467. The summed E-state index contributed by atoms with van der Waals surface area (Å²) in [5, 5.41) is 16.0. The van der Waals surface area contributed by atoms with Crippen LogP contribution in [-0.2, 0) is 11.3 Å². The van der Waals surface area contributed by atoms with Gasteiger partial charge in [0.15, 0.2) is 5.85 Å². The van der Waals surface area contributed by atoms with E-state index in [0.29, 0.717) is 30.7 Å². The van der Waals surface area contributed by atoms with Crippen molar-refractivity contribution in [1.29, 1.82) is 0 Å². The number of carbonyl (C=O) groups is 2. The molecule has 1 aromatic rings. The van der Waals surface area contributed by atoms with Crippen LogP contribution in [-0.4, -0.2) is 40.9 Å².